The van der Waals surface area contributed by atoms with Crippen LogP contribution in [0.25, 0.3) is 6.08 Å². The number of hydrogen-bond acceptors (Lipinski definition) is 3. The van der Waals surface area contributed by atoms with Crippen LogP contribution < -0.4 is 10.2 Å². The van der Waals surface area contributed by atoms with Crippen molar-refractivity contribution < 1.29 is 9.53 Å². The molecule has 1 aliphatic heterocycles. The fourth-order valence-electron chi connectivity index (χ4n) is 3.02. The summed E-state index contributed by atoms with van der Waals surface area (Å²) < 4.78 is 5.66. The first-order valence-electron chi connectivity index (χ1n) is 8.11. The maximum Gasteiger partial charge on any atom is 0.243 e. The molecule has 4 rings (SSSR count). The molecular formula is C20H18N2O2. The van der Waals surface area contributed by atoms with Gasteiger partial charge in [0.25, 0.3) is 0 Å². The van der Waals surface area contributed by atoms with Crippen molar-refractivity contribution >= 4 is 18.2 Å². The van der Waals surface area contributed by atoms with E-state index in [4.69, 9.17) is 4.74 Å². The van der Waals surface area contributed by atoms with Gasteiger partial charge in [-0.25, -0.2) is 5.43 Å². The highest BCUT2D eigenvalue weighted by Crippen LogP contribution is 2.47. The molecule has 2 unspecified atom stereocenters. The summed E-state index contributed by atoms with van der Waals surface area (Å²) in [6.45, 7) is 0.465. The molecular weight excluding hydrogens is 300 g/mol. The highest BCUT2D eigenvalue weighted by atomic mass is 16.5. The highest BCUT2D eigenvalue weighted by molar-refractivity contribution is 5.89. The van der Waals surface area contributed by atoms with Gasteiger partial charge in [0.1, 0.15) is 12.4 Å². The van der Waals surface area contributed by atoms with Crippen molar-refractivity contribution in [3.63, 3.8) is 0 Å². The number of ether oxygens (including phenoxy) is 1. The molecule has 1 heterocycles. The summed E-state index contributed by atoms with van der Waals surface area (Å²) in [5, 5.41) is 4.08. The Hall–Kier alpha value is -2.88. The van der Waals surface area contributed by atoms with Crippen LogP contribution in [0.4, 0.5) is 0 Å². The lowest BCUT2D eigenvalue weighted by molar-refractivity contribution is -0.122. The predicted molar refractivity (Wildman–Crippen MR) is 93.8 cm³/mol. The second-order valence-corrected chi connectivity index (χ2v) is 6.14. The van der Waals surface area contributed by atoms with Crippen LogP contribution in [0.3, 0.4) is 0 Å². The minimum Gasteiger partial charge on any atom is -0.488 e. The molecule has 0 saturated heterocycles. The third-order valence-electron chi connectivity index (χ3n) is 4.41. The van der Waals surface area contributed by atoms with Gasteiger partial charge in [-0.2, -0.15) is 5.10 Å². The fourth-order valence-corrected chi connectivity index (χ4v) is 3.02. The first-order chi connectivity index (χ1) is 11.8. The summed E-state index contributed by atoms with van der Waals surface area (Å²) in [6, 6.07) is 18.0. The Morgan fingerprint density at radius 3 is 2.79 bits per heavy atom. The molecule has 2 aromatic rings. The van der Waals surface area contributed by atoms with Gasteiger partial charge >= 0.3 is 0 Å². The molecule has 1 saturated carbocycles. The first kappa shape index (κ1) is 14.7. The molecule has 2 aliphatic rings. The molecule has 1 fully saturated rings. The molecule has 120 valence electrons. The van der Waals surface area contributed by atoms with Crippen LogP contribution in [0.15, 0.2) is 65.3 Å². The fraction of sp³-hybridized carbons (Fsp3) is 0.200. The number of carbonyl (C=O) groups excluding carboxylic acids is 1. The van der Waals surface area contributed by atoms with E-state index < -0.39 is 0 Å². The summed E-state index contributed by atoms with van der Waals surface area (Å²) in [5.41, 5.74) is 5.84. The third kappa shape index (κ3) is 3.08. The molecule has 0 bridgehead atoms. The van der Waals surface area contributed by atoms with Crippen molar-refractivity contribution in [1.82, 2.24) is 5.43 Å². The molecule has 0 radical (unpaired) electrons. The molecule has 0 spiro atoms. The van der Waals surface area contributed by atoms with Crippen molar-refractivity contribution in [2.45, 2.75) is 12.3 Å². The van der Waals surface area contributed by atoms with Gasteiger partial charge in [0, 0.05) is 17.1 Å². The van der Waals surface area contributed by atoms with Gasteiger partial charge in [-0.1, -0.05) is 48.5 Å². The van der Waals surface area contributed by atoms with E-state index in [1.807, 2.05) is 48.5 Å². The van der Waals surface area contributed by atoms with Crippen LogP contribution in [0, 0.1) is 5.92 Å². The lowest BCUT2D eigenvalue weighted by atomic mass is 10.1. The van der Waals surface area contributed by atoms with Crippen LogP contribution in [-0.4, -0.2) is 18.7 Å². The van der Waals surface area contributed by atoms with Crippen LogP contribution in [-0.2, 0) is 4.79 Å². The lowest BCUT2D eigenvalue weighted by Gasteiger charge is -2.15. The van der Waals surface area contributed by atoms with E-state index in [1.165, 1.54) is 5.56 Å². The van der Waals surface area contributed by atoms with E-state index in [9.17, 15) is 4.79 Å². The van der Waals surface area contributed by atoms with Crippen molar-refractivity contribution in [1.29, 1.82) is 0 Å². The zero-order chi connectivity index (χ0) is 16.4. The number of nitrogens with one attached hydrogen (secondary N) is 1. The standard InChI is InChI=1S/C20H18N2O2/c23-20(18-11-17(18)15-6-2-1-3-7-15)22-21-12-14-10-16-8-4-5-9-19(16)24-13-14/h1-10,12,17-18H,11,13H2,(H,22,23). The number of amides is 1. The minimum absolute atomic E-state index is 0.0159. The van der Waals surface area contributed by atoms with Gasteiger partial charge in [0.05, 0.1) is 6.21 Å². The molecule has 2 aromatic carbocycles. The highest BCUT2D eigenvalue weighted by Gasteiger charge is 2.43. The van der Waals surface area contributed by atoms with Crippen molar-refractivity contribution in [2.75, 3.05) is 6.61 Å². The van der Waals surface area contributed by atoms with E-state index in [0.29, 0.717) is 12.5 Å². The minimum atomic E-state index is -0.0159. The lowest BCUT2D eigenvalue weighted by Crippen LogP contribution is -2.20. The van der Waals surface area contributed by atoms with Gasteiger partial charge in [-0.15, -0.1) is 0 Å². The summed E-state index contributed by atoms with van der Waals surface area (Å²) in [5.74, 6) is 1.22. The molecule has 1 amide bonds. The van der Waals surface area contributed by atoms with E-state index in [1.54, 1.807) is 6.21 Å². The molecule has 1 aliphatic carbocycles. The van der Waals surface area contributed by atoms with E-state index >= 15 is 0 Å². The van der Waals surface area contributed by atoms with Gasteiger partial charge in [0.2, 0.25) is 5.91 Å². The Balaban J connectivity index is 1.34. The van der Waals surface area contributed by atoms with E-state index in [0.717, 1.165) is 23.3 Å². The quantitative estimate of drug-likeness (QED) is 0.694. The predicted octanol–water partition coefficient (Wildman–Crippen LogP) is 3.37. The molecule has 4 nitrogen and oxygen atoms in total. The van der Waals surface area contributed by atoms with Gasteiger partial charge < -0.3 is 4.74 Å². The number of fused-ring (bicyclic) bond motifs is 1. The van der Waals surface area contributed by atoms with Gasteiger partial charge in [-0.3, -0.25) is 4.79 Å². The number of benzene rings is 2. The van der Waals surface area contributed by atoms with Crippen molar-refractivity contribution in [2.24, 2.45) is 11.0 Å². The second kappa shape index (κ2) is 6.32. The van der Waals surface area contributed by atoms with Gasteiger partial charge in [-0.05, 0) is 30.0 Å². The van der Waals surface area contributed by atoms with Crippen molar-refractivity contribution in [3.05, 3.63) is 71.3 Å². The Morgan fingerprint density at radius 1 is 1.12 bits per heavy atom. The smallest absolute Gasteiger partial charge is 0.243 e. The molecule has 24 heavy (non-hydrogen) atoms. The summed E-state index contributed by atoms with van der Waals surface area (Å²) in [7, 11) is 0. The zero-order valence-electron chi connectivity index (χ0n) is 13.2. The monoisotopic (exact) mass is 318 g/mol. The number of rotatable bonds is 4. The van der Waals surface area contributed by atoms with E-state index in [2.05, 4.69) is 22.7 Å². The number of nitrogens with zero attached hydrogens (tertiary/aromatic N) is 1. The Labute approximate surface area is 140 Å². The van der Waals surface area contributed by atoms with Gasteiger partial charge in [0.15, 0.2) is 0 Å². The maximum absolute atomic E-state index is 12.2. The normalized spacial score (nSPS) is 21.6. The number of hydrazone groups is 1. The Kier molecular flexibility index (Phi) is 3.87. The number of carbonyl (C=O) groups is 1. The molecule has 2 atom stereocenters. The van der Waals surface area contributed by atoms with Crippen LogP contribution in [0.5, 0.6) is 5.75 Å². The zero-order valence-corrected chi connectivity index (χ0v) is 13.2. The largest absolute Gasteiger partial charge is 0.488 e. The average Bonchev–Trinajstić information content (AvgIpc) is 3.43. The summed E-state index contributed by atoms with van der Waals surface area (Å²) in [6.07, 6.45) is 4.58. The van der Waals surface area contributed by atoms with Crippen LogP contribution in [0.2, 0.25) is 0 Å². The van der Waals surface area contributed by atoms with Crippen LogP contribution in [0.1, 0.15) is 23.5 Å². The Bertz CT molecular complexity index is 811. The Morgan fingerprint density at radius 2 is 1.92 bits per heavy atom. The third-order valence-corrected chi connectivity index (χ3v) is 4.41. The maximum atomic E-state index is 12.2. The summed E-state index contributed by atoms with van der Waals surface area (Å²) >= 11 is 0. The summed E-state index contributed by atoms with van der Waals surface area (Å²) in [4.78, 5) is 12.2. The molecule has 4 heteroatoms. The molecule has 0 aromatic heterocycles. The first-order valence-corrected chi connectivity index (χ1v) is 8.11. The SMILES string of the molecule is O=C(NN=CC1=Cc2ccccc2OC1)C1CC1c1ccccc1. The molecule has 1 N–H and O–H groups in total. The van der Waals surface area contributed by atoms with Crippen LogP contribution >= 0.6 is 0 Å². The van der Waals surface area contributed by atoms with Crippen molar-refractivity contribution in [3.8, 4) is 5.75 Å². The topological polar surface area (TPSA) is 50.7 Å². The average molecular weight is 318 g/mol. The number of para-hydroxylation sites is 1. The van der Waals surface area contributed by atoms with E-state index in [-0.39, 0.29) is 11.8 Å². The number of hydrogen-bond donors (Lipinski definition) is 1. The second-order valence-electron chi connectivity index (χ2n) is 6.14.